The van der Waals surface area contributed by atoms with Crippen LogP contribution in [0.5, 0.6) is 0 Å². The van der Waals surface area contributed by atoms with Crippen molar-refractivity contribution in [3.63, 3.8) is 0 Å². The first kappa shape index (κ1) is 17.4. The van der Waals surface area contributed by atoms with E-state index in [2.05, 4.69) is 26.1 Å². The molecule has 1 aromatic rings. The standard InChI is InChI=1S/C18H27NO2/c1-13(18(3,4)5)11-17(21)19-14(2)16(20)12-15-9-7-6-8-10-15/h6-11,14,16,20H,12H2,1-5H3,(H,19,21)/b13-11-. The van der Waals surface area contributed by atoms with Crippen LogP contribution in [0.15, 0.2) is 42.0 Å². The van der Waals surface area contributed by atoms with Crippen LogP contribution in [0.3, 0.4) is 0 Å². The highest BCUT2D eigenvalue weighted by atomic mass is 16.3. The molecule has 0 heterocycles. The van der Waals surface area contributed by atoms with E-state index in [-0.39, 0.29) is 17.4 Å². The van der Waals surface area contributed by atoms with Crippen molar-refractivity contribution in [1.29, 1.82) is 0 Å². The van der Waals surface area contributed by atoms with Crippen LogP contribution in [0.4, 0.5) is 0 Å². The quantitative estimate of drug-likeness (QED) is 0.818. The van der Waals surface area contributed by atoms with Gasteiger partial charge < -0.3 is 10.4 Å². The van der Waals surface area contributed by atoms with Crippen molar-refractivity contribution in [2.24, 2.45) is 5.41 Å². The highest BCUT2D eigenvalue weighted by Gasteiger charge is 2.18. The van der Waals surface area contributed by atoms with E-state index in [0.717, 1.165) is 11.1 Å². The largest absolute Gasteiger partial charge is 0.391 e. The second-order valence-corrected chi connectivity index (χ2v) is 6.63. The second-order valence-electron chi connectivity index (χ2n) is 6.63. The van der Waals surface area contributed by atoms with Crippen LogP contribution in [0.1, 0.15) is 40.2 Å². The maximum Gasteiger partial charge on any atom is 0.244 e. The summed E-state index contributed by atoms with van der Waals surface area (Å²) >= 11 is 0. The van der Waals surface area contributed by atoms with E-state index in [0.29, 0.717) is 6.42 Å². The SMILES string of the molecule is C/C(=C/C(=O)NC(C)C(O)Cc1ccccc1)C(C)(C)C. The number of carbonyl (C=O) groups excluding carboxylic acids is 1. The van der Waals surface area contributed by atoms with Crippen molar-refractivity contribution in [2.45, 2.75) is 53.2 Å². The fraction of sp³-hybridized carbons (Fsp3) is 0.500. The molecule has 21 heavy (non-hydrogen) atoms. The average molecular weight is 289 g/mol. The van der Waals surface area contributed by atoms with Crippen molar-refractivity contribution >= 4 is 5.91 Å². The molecule has 0 aliphatic carbocycles. The Labute approximate surface area is 128 Å². The van der Waals surface area contributed by atoms with Crippen molar-refractivity contribution in [3.8, 4) is 0 Å². The average Bonchev–Trinajstić information content (AvgIpc) is 2.38. The van der Waals surface area contributed by atoms with Gasteiger partial charge in [-0.25, -0.2) is 0 Å². The molecule has 3 nitrogen and oxygen atoms in total. The van der Waals surface area contributed by atoms with Gasteiger partial charge in [0.25, 0.3) is 0 Å². The lowest BCUT2D eigenvalue weighted by molar-refractivity contribution is -0.117. The molecule has 2 N–H and O–H groups in total. The molecule has 2 unspecified atom stereocenters. The van der Waals surface area contributed by atoms with E-state index in [1.165, 1.54) is 0 Å². The van der Waals surface area contributed by atoms with Crippen LogP contribution < -0.4 is 5.32 Å². The summed E-state index contributed by atoms with van der Waals surface area (Å²) in [5, 5.41) is 13.0. The summed E-state index contributed by atoms with van der Waals surface area (Å²) in [7, 11) is 0. The first-order valence-electron chi connectivity index (χ1n) is 7.41. The Morgan fingerprint density at radius 3 is 2.38 bits per heavy atom. The van der Waals surface area contributed by atoms with Crippen LogP contribution in [0.2, 0.25) is 0 Å². The van der Waals surface area contributed by atoms with Gasteiger partial charge in [-0.05, 0) is 24.8 Å². The summed E-state index contributed by atoms with van der Waals surface area (Å²) in [6.45, 7) is 9.98. The number of amides is 1. The number of hydrogen-bond donors (Lipinski definition) is 2. The number of nitrogens with one attached hydrogen (secondary N) is 1. The summed E-state index contributed by atoms with van der Waals surface area (Å²) in [4.78, 5) is 12.0. The van der Waals surface area contributed by atoms with Gasteiger partial charge in [0, 0.05) is 12.5 Å². The van der Waals surface area contributed by atoms with Gasteiger partial charge in [0.2, 0.25) is 5.91 Å². The normalized spacial score (nSPS) is 15.4. The molecule has 1 amide bonds. The number of rotatable bonds is 5. The van der Waals surface area contributed by atoms with E-state index in [1.807, 2.05) is 44.2 Å². The Balaban J connectivity index is 2.56. The summed E-state index contributed by atoms with van der Waals surface area (Å²) in [5.41, 5.74) is 2.06. The van der Waals surface area contributed by atoms with Gasteiger partial charge in [-0.15, -0.1) is 0 Å². The molecule has 0 bridgehead atoms. The van der Waals surface area contributed by atoms with Crippen LogP contribution in [0.25, 0.3) is 0 Å². The molecular formula is C18H27NO2. The van der Waals surface area contributed by atoms with Crippen LogP contribution >= 0.6 is 0 Å². The zero-order valence-corrected chi connectivity index (χ0v) is 13.7. The predicted octanol–water partition coefficient (Wildman–Crippen LogP) is 3.09. The van der Waals surface area contributed by atoms with Crippen LogP contribution in [-0.2, 0) is 11.2 Å². The second kappa shape index (κ2) is 7.41. The zero-order valence-electron chi connectivity index (χ0n) is 13.7. The molecule has 0 spiro atoms. The third kappa shape index (κ3) is 6.13. The number of benzene rings is 1. The molecule has 1 aromatic carbocycles. The Morgan fingerprint density at radius 1 is 1.29 bits per heavy atom. The molecule has 0 saturated heterocycles. The molecule has 3 heteroatoms. The summed E-state index contributed by atoms with van der Waals surface area (Å²) in [5.74, 6) is -0.151. The van der Waals surface area contributed by atoms with Gasteiger partial charge in [-0.3, -0.25) is 4.79 Å². The Kier molecular flexibility index (Phi) is 6.16. The molecular weight excluding hydrogens is 262 g/mol. The molecule has 0 saturated carbocycles. The third-order valence-corrected chi connectivity index (χ3v) is 3.77. The molecule has 0 aliphatic heterocycles. The van der Waals surface area contributed by atoms with Crippen molar-refractivity contribution in [3.05, 3.63) is 47.5 Å². The molecule has 0 aliphatic rings. The highest BCUT2D eigenvalue weighted by Crippen LogP contribution is 2.23. The Hall–Kier alpha value is -1.61. The summed E-state index contributed by atoms with van der Waals surface area (Å²) in [6.07, 6.45) is 1.55. The van der Waals surface area contributed by atoms with Gasteiger partial charge >= 0.3 is 0 Å². The third-order valence-electron chi connectivity index (χ3n) is 3.77. The monoisotopic (exact) mass is 289 g/mol. The maximum atomic E-state index is 12.0. The molecule has 0 radical (unpaired) electrons. The summed E-state index contributed by atoms with van der Waals surface area (Å²) in [6, 6.07) is 9.49. The van der Waals surface area contributed by atoms with Gasteiger partial charge in [0.1, 0.15) is 0 Å². The predicted molar refractivity (Wildman–Crippen MR) is 87.0 cm³/mol. The van der Waals surface area contributed by atoms with Gasteiger partial charge in [-0.1, -0.05) is 56.7 Å². The Bertz CT molecular complexity index is 486. The number of allylic oxidation sites excluding steroid dienone is 1. The van der Waals surface area contributed by atoms with Gasteiger partial charge in [0.15, 0.2) is 0 Å². The molecule has 0 aromatic heterocycles. The zero-order chi connectivity index (χ0) is 16.0. The number of carbonyl (C=O) groups is 1. The van der Waals surface area contributed by atoms with Crippen molar-refractivity contribution in [2.75, 3.05) is 0 Å². The van der Waals surface area contributed by atoms with Crippen LogP contribution in [0, 0.1) is 5.41 Å². The van der Waals surface area contributed by atoms with E-state index < -0.39 is 6.10 Å². The minimum absolute atomic E-state index is 0.0246. The minimum Gasteiger partial charge on any atom is -0.391 e. The maximum absolute atomic E-state index is 12.0. The van der Waals surface area contributed by atoms with Gasteiger partial charge in [0.05, 0.1) is 12.1 Å². The van der Waals surface area contributed by atoms with Crippen LogP contribution in [-0.4, -0.2) is 23.2 Å². The van der Waals surface area contributed by atoms with Crippen molar-refractivity contribution in [1.82, 2.24) is 5.32 Å². The molecule has 1 rings (SSSR count). The van der Waals surface area contributed by atoms with E-state index in [4.69, 9.17) is 0 Å². The van der Waals surface area contributed by atoms with E-state index in [1.54, 1.807) is 6.08 Å². The van der Waals surface area contributed by atoms with E-state index >= 15 is 0 Å². The Morgan fingerprint density at radius 2 is 1.86 bits per heavy atom. The topological polar surface area (TPSA) is 49.3 Å². The lowest BCUT2D eigenvalue weighted by Crippen LogP contribution is -2.41. The number of hydrogen-bond acceptors (Lipinski definition) is 2. The first-order chi connectivity index (χ1) is 9.70. The lowest BCUT2D eigenvalue weighted by atomic mass is 9.87. The molecule has 116 valence electrons. The van der Waals surface area contributed by atoms with Gasteiger partial charge in [-0.2, -0.15) is 0 Å². The number of aliphatic hydroxyl groups excluding tert-OH is 1. The molecule has 0 fully saturated rings. The number of aliphatic hydroxyl groups is 1. The lowest BCUT2D eigenvalue weighted by Gasteiger charge is -2.22. The first-order valence-corrected chi connectivity index (χ1v) is 7.41. The minimum atomic E-state index is -0.598. The van der Waals surface area contributed by atoms with E-state index in [9.17, 15) is 9.90 Å². The van der Waals surface area contributed by atoms with Crippen molar-refractivity contribution < 1.29 is 9.90 Å². The summed E-state index contributed by atoms with van der Waals surface area (Å²) < 4.78 is 0. The fourth-order valence-corrected chi connectivity index (χ4v) is 1.81. The highest BCUT2D eigenvalue weighted by molar-refractivity contribution is 5.88. The molecule has 2 atom stereocenters. The fourth-order valence-electron chi connectivity index (χ4n) is 1.81. The smallest absolute Gasteiger partial charge is 0.244 e.